The Bertz CT molecular complexity index is 1420. The predicted molar refractivity (Wildman–Crippen MR) is 121 cm³/mol. The SMILES string of the molecule is CC1=Nc2ccccc2C1(CCC(F)(F)C(F)(F)C(F)(F)C(F)(F)C(F)(F)C(F)(F)F)CCC(F)(F)C(F)(F)C(F)(F)C(F)(F)C(F)(F)C(F)(F)F. The summed E-state index contributed by atoms with van der Waals surface area (Å²) in [5.74, 6) is -79.4. The molecule has 1 aromatic rings. The number of aliphatic imine (C=N–C) groups is 1. The van der Waals surface area contributed by atoms with E-state index in [1.165, 1.54) is 0 Å². The normalized spacial score (nSPS) is 17.7. The van der Waals surface area contributed by atoms with E-state index < -0.39 is 120 Å². The van der Waals surface area contributed by atoms with E-state index in [1.54, 1.807) is 0 Å². The highest BCUT2D eigenvalue weighted by molar-refractivity contribution is 6.00. The molecular weight excluding hydrogens is 808 g/mol. The lowest BCUT2D eigenvalue weighted by Crippen LogP contribution is -2.70. The molecule has 1 nitrogen and oxygen atoms in total. The van der Waals surface area contributed by atoms with Crippen LogP contribution >= 0.6 is 0 Å². The van der Waals surface area contributed by atoms with Crippen molar-refractivity contribution in [3.8, 4) is 0 Å². The molecule has 1 aliphatic heterocycles. The van der Waals surface area contributed by atoms with Gasteiger partial charge in [-0.1, -0.05) is 18.2 Å². The van der Waals surface area contributed by atoms with Gasteiger partial charge < -0.3 is 0 Å². The Morgan fingerprint density at radius 1 is 0.423 bits per heavy atom. The topological polar surface area (TPSA) is 12.4 Å². The molecular formula is C25H15F26N. The fraction of sp³-hybridized carbons (Fsp3) is 0.720. The van der Waals surface area contributed by atoms with Gasteiger partial charge in [0.1, 0.15) is 0 Å². The van der Waals surface area contributed by atoms with Crippen LogP contribution in [0.25, 0.3) is 0 Å². The molecule has 0 saturated carbocycles. The first-order valence-electron chi connectivity index (χ1n) is 13.1. The summed E-state index contributed by atoms with van der Waals surface area (Å²) < 4.78 is 353. The first-order valence-corrected chi connectivity index (χ1v) is 13.1. The maximum absolute atomic E-state index is 14.7. The second-order valence-electron chi connectivity index (χ2n) is 11.3. The van der Waals surface area contributed by atoms with Crippen LogP contribution in [-0.4, -0.2) is 77.3 Å². The molecule has 0 amide bonds. The zero-order valence-corrected chi connectivity index (χ0v) is 24.4. The van der Waals surface area contributed by atoms with E-state index in [1.807, 2.05) is 0 Å². The number of hydrogen-bond donors (Lipinski definition) is 0. The molecule has 0 bridgehead atoms. The quantitative estimate of drug-likeness (QED) is 0.166. The Morgan fingerprint density at radius 2 is 0.712 bits per heavy atom. The molecule has 0 spiro atoms. The minimum absolute atomic E-state index is 0.492. The molecule has 2 rings (SSSR count). The number of para-hydroxylation sites is 1. The molecule has 302 valence electrons. The van der Waals surface area contributed by atoms with Gasteiger partial charge in [0.2, 0.25) is 0 Å². The molecule has 0 radical (unpaired) electrons. The average Bonchev–Trinajstić information content (AvgIpc) is 3.24. The van der Waals surface area contributed by atoms with Crippen molar-refractivity contribution in [2.24, 2.45) is 4.99 Å². The maximum atomic E-state index is 14.7. The van der Waals surface area contributed by atoms with E-state index in [9.17, 15) is 114 Å². The van der Waals surface area contributed by atoms with Gasteiger partial charge in [0, 0.05) is 24.0 Å². The van der Waals surface area contributed by atoms with E-state index in [0.29, 0.717) is 13.0 Å². The molecule has 52 heavy (non-hydrogen) atoms. The zero-order valence-electron chi connectivity index (χ0n) is 24.4. The summed E-state index contributed by atoms with van der Waals surface area (Å²) in [6.45, 7) is 0.492. The third-order valence-corrected chi connectivity index (χ3v) is 8.13. The fourth-order valence-corrected chi connectivity index (χ4v) is 4.87. The standard InChI is InChI=1S/C25H15F26N/c1-10-13(11-4-2-3-5-12(11)52-10,6-8-14(26,27)16(30,31)18(34,35)20(38,39)22(42,43)24(46,47)48)7-9-15(28,29)17(32,33)19(36,37)21(40,41)23(44,45)25(49,50)51/h2-5H,6-9H2,1H3. The van der Waals surface area contributed by atoms with Crippen LogP contribution in [0.3, 0.4) is 0 Å². The van der Waals surface area contributed by atoms with Gasteiger partial charge in [-0.25, -0.2) is 0 Å². The molecule has 1 heterocycles. The van der Waals surface area contributed by atoms with Crippen LogP contribution in [0.1, 0.15) is 38.2 Å². The third-order valence-electron chi connectivity index (χ3n) is 8.13. The molecule has 0 N–H and O–H groups in total. The molecule has 0 saturated heterocycles. The Labute approximate surface area is 271 Å². The van der Waals surface area contributed by atoms with Crippen molar-refractivity contribution in [1.29, 1.82) is 0 Å². The lowest BCUT2D eigenvalue weighted by atomic mass is 9.69. The number of hydrogen-bond acceptors (Lipinski definition) is 1. The van der Waals surface area contributed by atoms with E-state index in [2.05, 4.69) is 4.99 Å². The Morgan fingerprint density at radius 3 is 1.02 bits per heavy atom. The van der Waals surface area contributed by atoms with Crippen molar-refractivity contribution in [2.75, 3.05) is 0 Å². The number of rotatable bonds is 14. The van der Waals surface area contributed by atoms with Gasteiger partial charge in [-0.15, -0.1) is 0 Å². The van der Waals surface area contributed by atoms with Crippen molar-refractivity contribution in [2.45, 2.75) is 110 Å². The first-order chi connectivity index (χ1) is 22.5. The van der Waals surface area contributed by atoms with Crippen LogP contribution in [0.15, 0.2) is 29.3 Å². The summed E-state index contributed by atoms with van der Waals surface area (Å²) in [6, 6.07) is 3.04. The number of fused-ring (bicyclic) bond motifs is 1. The Kier molecular flexibility index (Phi) is 10.7. The van der Waals surface area contributed by atoms with Gasteiger partial charge in [-0.05, 0) is 31.4 Å². The average molecular weight is 823 g/mol. The summed E-state index contributed by atoms with van der Waals surface area (Å²) in [4.78, 5) is 3.49. The molecule has 0 aliphatic carbocycles. The van der Waals surface area contributed by atoms with Gasteiger partial charge in [-0.2, -0.15) is 114 Å². The monoisotopic (exact) mass is 823 g/mol. The second kappa shape index (κ2) is 12.3. The van der Waals surface area contributed by atoms with Crippen LogP contribution in [-0.2, 0) is 5.41 Å². The lowest BCUT2D eigenvalue weighted by Gasteiger charge is -2.42. The summed E-state index contributed by atoms with van der Waals surface area (Å²) in [5.41, 5.74) is -5.83. The number of alkyl halides is 26. The minimum Gasteiger partial charge on any atom is -0.257 e. The Hall–Kier alpha value is -2.93. The van der Waals surface area contributed by atoms with Gasteiger partial charge in [-0.3, -0.25) is 4.99 Å². The molecule has 27 heteroatoms. The van der Waals surface area contributed by atoms with E-state index in [0.717, 1.165) is 18.2 Å². The molecule has 1 aromatic carbocycles. The number of halogens is 26. The van der Waals surface area contributed by atoms with Crippen LogP contribution in [0.5, 0.6) is 0 Å². The first kappa shape index (κ1) is 45.2. The summed E-state index contributed by atoms with van der Waals surface area (Å²) in [7, 11) is 0. The van der Waals surface area contributed by atoms with Gasteiger partial charge in [0.15, 0.2) is 0 Å². The van der Waals surface area contributed by atoms with Crippen molar-refractivity contribution in [1.82, 2.24) is 0 Å². The van der Waals surface area contributed by atoms with Gasteiger partial charge in [0.25, 0.3) is 0 Å². The van der Waals surface area contributed by atoms with Crippen molar-refractivity contribution < 1.29 is 114 Å². The third kappa shape index (κ3) is 6.09. The molecule has 0 fully saturated rings. The largest absolute Gasteiger partial charge is 0.460 e. The second-order valence-corrected chi connectivity index (χ2v) is 11.3. The predicted octanol–water partition coefficient (Wildman–Crippen LogP) is 12.1. The van der Waals surface area contributed by atoms with Crippen molar-refractivity contribution in [3.05, 3.63) is 29.8 Å². The van der Waals surface area contributed by atoms with Crippen LogP contribution in [0.2, 0.25) is 0 Å². The van der Waals surface area contributed by atoms with E-state index in [-0.39, 0.29) is 0 Å². The lowest BCUT2D eigenvalue weighted by molar-refractivity contribution is -0.440. The molecule has 0 aromatic heterocycles. The highest BCUT2D eigenvalue weighted by Gasteiger charge is 2.92. The summed E-state index contributed by atoms with van der Waals surface area (Å²) in [5, 5.41) is 0. The van der Waals surface area contributed by atoms with E-state index in [4.69, 9.17) is 0 Å². The number of nitrogens with zero attached hydrogens (tertiary/aromatic N) is 1. The highest BCUT2D eigenvalue weighted by atomic mass is 19.4. The zero-order chi connectivity index (χ0) is 41.6. The van der Waals surface area contributed by atoms with E-state index >= 15 is 0 Å². The maximum Gasteiger partial charge on any atom is 0.460 e. The number of benzene rings is 1. The van der Waals surface area contributed by atoms with Crippen LogP contribution < -0.4 is 0 Å². The minimum atomic E-state index is -8.37. The van der Waals surface area contributed by atoms with Crippen LogP contribution in [0.4, 0.5) is 120 Å². The van der Waals surface area contributed by atoms with Crippen molar-refractivity contribution >= 4 is 11.4 Å². The Balaban J connectivity index is 2.64. The molecule has 0 unspecified atom stereocenters. The van der Waals surface area contributed by atoms with Gasteiger partial charge >= 0.3 is 71.6 Å². The summed E-state index contributed by atoms with van der Waals surface area (Å²) >= 11 is 0. The molecule has 1 aliphatic rings. The summed E-state index contributed by atoms with van der Waals surface area (Å²) in [6.07, 6.45) is -26.5. The van der Waals surface area contributed by atoms with Crippen molar-refractivity contribution in [3.63, 3.8) is 0 Å². The smallest absolute Gasteiger partial charge is 0.257 e. The van der Waals surface area contributed by atoms with Gasteiger partial charge in [0.05, 0.1) is 5.69 Å². The molecule has 0 atom stereocenters. The highest BCUT2D eigenvalue weighted by Crippen LogP contribution is 2.63. The van der Waals surface area contributed by atoms with Crippen LogP contribution in [0, 0.1) is 0 Å². The fourth-order valence-electron chi connectivity index (χ4n) is 4.87.